The van der Waals surface area contributed by atoms with Gasteiger partial charge in [0.1, 0.15) is 11.9 Å². The number of hydrogen-bond acceptors (Lipinski definition) is 5. The summed E-state index contributed by atoms with van der Waals surface area (Å²) in [5.74, 6) is -0.364. The molecule has 2 atom stereocenters. The summed E-state index contributed by atoms with van der Waals surface area (Å²) in [5.41, 5.74) is 0.364. The van der Waals surface area contributed by atoms with E-state index in [0.717, 1.165) is 0 Å². The molecule has 1 aliphatic heterocycles. The van der Waals surface area contributed by atoms with Gasteiger partial charge in [-0.05, 0) is 13.0 Å². The average Bonchev–Trinajstić information content (AvgIpc) is 2.88. The van der Waals surface area contributed by atoms with Crippen LogP contribution in [0, 0.1) is 5.82 Å². The van der Waals surface area contributed by atoms with E-state index in [2.05, 4.69) is 15.4 Å². The van der Waals surface area contributed by atoms with Gasteiger partial charge in [0, 0.05) is 5.56 Å². The lowest BCUT2D eigenvalue weighted by atomic mass is 10.1. The molecule has 9 heteroatoms. The van der Waals surface area contributed by atoms with Gasteiger partial charge in [-0.25, -0.2) is 13.8 Å². The van der Waals surface area contributed by atoms with Crippen molar-refractivity contribution in [2.45, 2.75) is 25.6 Å². The number of halogens is 2. The summed E-state index contributed by atoms with van der Waals surface area (Å²) in [6, 6.07) is 6.16. The number of benzene rings is 1. The lowest BCUT2D eigenvalue weighted by molar-refractivity contribution is -0.0999. The van der Waals surface area contributed by atoms with Crippen LogP contribution in [0.1, 0.15) is 18.5 Å². The van der Waals surface area contributed by atoms with Gasteiger partial charge in [0.15, 0.2) is 16.2 Å². The molecular formula is C15H13ClFN5O2. The van der Waals surface area contributed by atoms with Crippen molar-refractivity contribution in [3.05, 3.63) is 51.2 Å². The third-order valence-electron chi connectivity index (χ3n) is 4.18. The van der Waals surface area contributed by atoms with Gasteiger partial charge >= 0.3 is 0 Å². The zero-order chi connectivity index (χ0) is 16.8. The quantitative estimate of drug-likeness (QED) is 0.720. The van der Waals surface area contributed by atoms with E-state index in [1.165, 1.54) is 15.4 Å². The third kappa shape index (κ3) is 2.30. The van der Waals surface area contributed by atoms with Crippen molar-refractivity contribution < 1.29 is 9.13 Å². The summed E-state index contributed by atoms with van der Waals surface area (Å²) in [7, 11) is 0. The summed E-state index contributed by atoms with van der Waals surface area (Å²) >= 11 is 6.24. The first-order valence-electron chi connectivity index (χ1n) is 7.43. The van der Waals surface area contributed by atoms with E-state index in [-0.39, 0.29) is 46.3 Å². The smallest absolute Gasteiger partial charge is 0.298 e. The van der Waals surface area contributed by atoms with E-state index >= 15 is 0 Å². The number of aromatic nitrogens is 5. The van der Waals surface area contributed by atoms with Gasteiger partial charge in [-0.1, -0.05) is 35.0 Å². The fourth-order valence-electron chi connectivity index (χ4n) is 2.66. The van der Waals surface area contributed by atoms with Crippen LogP contribution in [0.15, 0.2) is 29.1 Å². The predicted octanol–water partition coefficient (Wildman–Crippen LogP) is 1.79. The van der Waals surface area contributed by atoms with E-state index < -0.39 is 0 Å². The standard InChI is InChI=1S/C15H13ClFN5O2/c1-8-11(7-24-8)22-15(23)13-12(18-20-22)14(16)21(19-13)6-9-4-2-3-5-10(9)17/h2-5,8,11H,6-7H2,1H3/t8-,11+/m0/s1. The lowest BCUT2D eigenvalue weighted by Crippen LogP contribution is -2.45. The van der Waals surface area contributed by atoms with Gasteiger partial charge in [0.25, 0.3) is 5.56 Å². The summed E-state index contributed by atoms with van der Waals surface area (Å²) in [5, 5.41) is 12.3. The fourth-order valence-corrected chi connectivity index (χ4v) is 2.89. The minimum absolute atomic E-state index is 0.101. The highest BCUT2D eigenvalue weighted by atomic mass is 35.5. The first-order valence-corrected chi connectivity index (χ1v) is 7.80. The molecule has 0 spiro atoms. The fraction of sp³-hybridized carbons (Fsp3) is 0.333. The zero-order valence-corrected chi connectivity index (χ0v) is 13.4. The molecule has 0 bridgehead atoms. The van der Waals surface area contributed by atoms with Gasteiger partial charge in [-0.2, -0.15) is 5.10 Å². The Balaban J connectivity index is 1.78. The van der Waals surface area contributed by atoms with Crippen molar-refractivity contribution in [1.29, 1.82) is 0 Å². The highest BCUT2D eigenvalue weighted by Gasteiger charge is 2.32. The highest BCUT2D eigenvalue weighted by molar-refractivity contribution is 6.33. The molecule has 1 fully saturated rings. The molecule has 0 aliphatic carbocycles. The van der Waals surface area contributed by atoms with Crippen molar-refractivity contribution in [1.82, 2.24) is 24.8 Å². The van der Waals surface area contributed by atoms with E-state index in [1.54, 1.807) is 18.2 Å². The second-order valence-corrected chi connectivity index (χ2v) is 6.04. The molecule has 3 aromatic rings. The zero-order valence-electron chi connectivity index (χ0n) is 12.7. The van der Waals surface area contributed by atoms with E-state index in [1.807, 2.05) is 6.92 Å². The second-order valence-electron chi connectivity index (χ2n) is 5.68. The molecule has 24 heavy (non-hydrogen) atoms. The number of hydrogen-bond donors (Lipinski definition) is 0. The molecule has 0 saturated carbocycles. The van der Waals surface area contributed by atoms with Crippen LogP contribution in [0.25, 0.3) is 11.0 Å². The number of ether oxygens (including phenoxy) is 1. The largest absolute Gasteiger partial charge is 0.374 e. The molecule has 124 valence electrons. The predicted molar refractivity (Wildman–Crippen MR) is 84.5 cm³/mol. The van der Waals surface area contributed by atoms with Crippen LogP contribution in [-0.4, -0.2) is 37.5 Å². The molecule has 0 N–H and O–H groups in total. The van der Waals surface area contributed by atoms with E-state index in [9.17, 15) is 9.18 Å². The summed E-state index contributed by atoms with van der Waals surface area (Å²) in [6.45, 7) is 2.37. The molecule has 3 heterocycles. The third-order valence-corrected chi connectivity index (χ3v) is 4.56. The minimum atomic E-state index is -0.380. The minimum Gasteiger partial charge on any atom is -0.374 e. The van der Waals surface area contributed by atoms with E-state index in [0.29, 0.717) is 12.2 Å². The van der Waals surface area contributed by atoms with Gasteiger partial charge in [-0.15, -0.1) is 5.10 Å². The first kappa shape index (κ1) is 15.2. The van der Waals surface area contributed by atoms with Crippen LogP contribution in [0.3, 0.4) is 0 Å². The Morgan fingerprint density at radius 2 is 2.17 bits per heavy atom. The Bertz CT molecular complexity index is 986. The van der Waals surface area contributed by atoms with Gasteiger partial charge < -0.3 is 4.74 Å². The Morgan fingerprint density at radius 1 is 1.38 bits per heavy atom. The van der Waals surface area contributed by atoms with Crippen molar-refractivity contribution in [2.24, 2.45) is 0 Å². The molecule has 2 aromatic heterocycles. The topological polar surface area (TPSA) is 74.8 Å². The monoisotopic (exact) mass is 349 g/mol. The van der Waals surface area contributed by atoms with Crippen molar-refractivity contribution in [3.63, 3.8) is 0 Å². The Hall–Kier alpha value is -2.32. The second kappa shape index (κ2) is 5.64. The highest BCUT2D eigenvalue weighted by Crippen LogP contribution is 2.24. The molecule has 1 saturated heterocycles. The Labute approximate surface area is 140 Å². The molecule has 4 rings (SSSR count). The SMILES string of the molecule is C[C@@H]1OC[C@H]1n1nnc2c(Cl)n(Cc3ccccc3F)nc2c1=O. The Kier molecular flexibility index (Phi) is 3.58. The van der Waals surface area contributed by atoms with Crippen LogP contribution in [0.5, 0.6) is 0 Å². The summed E-state index contributed by atoms with van der Waals surface area (Å²) < 4.78 is 21.7. The molecule has 0 amide bonds. The van der Waals surface area contributed by atoms with Crippen LogP contribution in [0.2, 0.25) is 5.15 Å². The van der Waals surface area contributed by atoms with Gasteiger partial charge in [0.05, 0.1) is 19.3 Å². The normalized spacial score (nSPS) is 20.3. The maximum absolute atomic E-state index is 13.8. The molecule has 0 unspecified atom stereocenters. The van der Waals surface area contributed by atoms with Crippen molar-refractivity contribution >= 4 is 22.6 Å². The van der Waals surface area contributed by atoms with Gasteiger partial charge in [-0.3, -0.25) is 4.79 Å². The van der Waals surface area contributed by atoms with Crippen molar-refractivity contribution in [3.8, 4) is 0 Å². The molecule has 0 radical (unpaired) electrons. The molecule has 7 nitrogen and oxygen atoms in total. The summed E-state index contributed by atoms with van der Waals surface area (Å²) in [4.78, 5) is 12.6. The number of rotatable bonds is 3. The van der Waals surface area contributed by atoms with Crippen LogP contribution < -0.4 is 5.56 Å². The van der Waals surface area contributed by atoms with Crippen LogP contribution >= 0.6 is 11.6 Å². The number of nitrogens with zero attached hydrogens (tertiary/aromatic N) is 5. The molecular weight excluding hydrogens is 337 g/mol. The maximum atomic E-state index is 13.8. The first-order chi connectivity index (χ1) is 11.6. The summed E-state index contributed by atoms with van der Waals surface area (Å²) in [6.07, 6.45) is -0.106. The van der Waals surface area contributed by atoms with Crippen molar-refractivity contribution in [2.75, 3.05) is 6.61 Å². The van der Waals surface area contributed by atoms with Gasteiger partial charge in [0.2, 0.25) is 0 Å². The van der Waals surface area contributed by atoms with Crippen LogP contribution in [-0.2, 0) is 11.3 Å². The number of fused-ring (bicyclic) bond motifs is 1. The lowest BCUT2D eigenvalue weighted by Gasteiger charge is -2.33. The molecule has 1 aliphatic rings. The van der Waals surface area contributed by atoms with E-state index in [4.69, 9.17) is 16.3 Å². The maximum Gasteiger partial charge on any atom is 0.298 e. The average molecular weight is 350 g/mol. The van der Waals surface area contributed by atoms with Crippen LogP contribution in [0.4, 0.5) is 4.39 Å². The molecule has 1 aromatic carbocycles. The Morgan fingerprint density at radius 3 is 2.83 bits per heavy atom.